The molecule has 0 aliphatic carbocycles. The van der Waals surface area contributed by atoms with Crippen LogP contribution in [0.1, 0.15) is 58.6 Å². The Kier molecular flexibility index (Phi) is 6.02. The maximum absolute atomic E-state index is 13.1. The van der Waals surface area contributed by atoms with Gasteiger partial charge in [0.2, 0.25) is 0 Å². The first kappa shape index (κ1) is 22.9. The average molecular weight is 479 g/mol. The van der Waals surface area contributed by atoms with E-state index < -0.39 is 0 Å². The monoisotopic (exact) mass is 478 g/mol. The number of fused-ring (bicyclic) bond motifs is 1. The van der Waals surface area contributed by atoms with Crippen LogP contribution in [-0.2, 0) is 13.1 Å². The van der Waals surface area contributed by atoms with Gasteiger partial charge in [0.1, 0.15) is 0 Å². The normalized spacial score (nSPS) is 21.1. The number of piperidine rings is 2. The Balaban J connectivity index is 1.06. The molecule has 2 saturated heterocycles. The van der Waals surface area contributed by atoms with Gasteiger partial charge < -0.3 is 14.8 Å². The topological polar surface area (TPSA) is 40.5 Å². The van der Waals surface area contributed by atoms with Crippen LogP contribution in [0.4, 0.5) is 0 Å². The molecule has 3 aromatic rings. The number of amides is 1. The predicted octanol–water partition coefficient (Wildman–Crippen LogP) is 5.59. The van der Waals surface area contributed by atoms with Gasteiger partial charge in [0, 0.05) is 48.1 Å². The highest BCUT2D eigenvalue weighted by Gasteiger charge is 2.36. The van der Waals surface area contributed by atoms with Crippen molar-refractivity contribution in [2.45, 2.75) is 50.7 Å². The van der Waals surface area contributed by atoms with Crippen molar-refractivity contribution in [3.63, 3.8) is 0 Å². The summed E-state index contributed by atoms with van der Waals surface area (Å²) in [5.74, 6) is 0.691. The fourth-order valence-corrected chi connectivity index (χ4v) is 6.03. The third-order valence-electron chi connectivity index (χ3n) is 8.10. The first-order valence-electron chi connectivity index (χ1n) is 13.1. The number of carbonyl (C=O) groups is 1. The summed E-state index contributed by atoms with van der Waals surface area (Å²) in [5.41, 5.74) is 7.85. The van der Waals surface area contributed by atoms with Crippen molar-refractivity contribution in [3.8, 4) is 5.69 Å². The van der Waals surface area contributed by atoms with E-state index >= 15 is 0 Å². The van der Waals surface area contributed by atoms with Crippen molar-refractivity contribution in [2.24, 2.45) is 0 Å². The zero-order valence-electron chi connectivity index (χ0n) is 20.8. The zero-order chi connectivity index (χ0) is 24.6. The molecule has 1 unspecified atom stereocenters. The number of hydrogen-bond donors (Lipinski definition) is 1. The minimum absolute atomic E-state index is 0.0411. The molecule has 5 nitrogen and oxygen atoms in total. The van der Waals surface area contributed by atoms with Crippen LogP contribution in [0.3, 0.4) is 0 Å². The second-order valence-corrected chi connectivity index (χ2v) is 10.5. The van der Waals surface area contributed by atoms with Gasteiger partial charge in [-0.15, -0.1) is 0 Å². The van der Waals surface area contributed by atoms with Crippen LogP contribution in [-0.4, -0.2) is 39.4 Å². The van der Waals surface area contributed by atoms with Gasteiger partial charge in [-0.2, -0.15) is 0 Å². The number of likely N-dealkylation sites (tertiary alicyclic amines) is 1. The number of carbonyl (C=O) groups excluding carboxylic acids is 1. The van der Waals surface area contributed by atoms with Crippen molar-refractivity contribution >= 4 is 5.91 Å². The zero-order valence-corrected chi connectivity index (χ0v) is 20.8. The number of aromatic nitrogens is 1. The SMILES string of the molecule is C=C1CCC(N2Cc3cc(C4CCN(Cc5ccc(-n6cccc6)cc5)CC4)ccc3C2=O)C(=C)N1. The second-order valence-electron chi connectivity index (χ2n) is 10.5. The van der Waals surface area contributed by atoms with Gasteiger partial charge in [-0.1, -0.05) is 37.4 Å². The third kappa shape index (κ3) is 4.40. The first-order chi connectivity index (χ1) is 17.5. The molecule has 184 valence electrons. The summed E-state index contributed by atoms with van der Waals surface area (Å²) in [4.78, 5) is 17.7. The van der Waals surface area contributed by atoms with Crippen LogP contribution in [0.2, 0.25) is 0 Å². The minimum atomic E-state index is 0.0411. The van der Waals surface area contributed by atoms with E-state index in [1.54, 1.807) is 0 Å². The highest BCUT2D eigenvalue weighted by Crippen LogP contribution is 2.35. The van der Waals surface area contributed by atoms with Gasteiger partial charge in [-0.3, -0.25) is 9.69 Å². The molecule has 36 heavy (non-hydrogen) atoms. The van der Waals surface area contributed by atoms with Crippen molar-refractivity contribution in [3.05, 3.63) is 114 Å². The lowest BCUT2D eigenvalue weighted by Gasteiger charge is -2.34. The number of hydrogen-bond acceptors (Lipinski definition) is 3. The average Bonchev–Trinajstić information content (AvgIpc) is 3.54. The summed E-state index contributed by atoms with van der Waals surface area (Å²) in [6.45, 7) is 12.0. The summed E-state index contributed by atoms with van der Waals surface area (Å²) in [6, 6.07) is 19.6. The minimum Gasteiger partial charge on any atom is -0.362 e. The summed E-state index contributed by atoms with van der Waals surface area (Å²) < 4.78 is 2.14. The summed E-state index contributed by atoms with van der Waals surface area (Å²) in [5, 5.41) is 3.26. The van der Waals surface area contributed by atoms with Crippen LogP contribution in [0.25, 0.3) is 5.69 Å². The van der Waals surface area contributed by atoms with E-state index in [1.807, 2.05) is 4.90 Å². The highest BCUT2D eigenvalue weighted by molar-refractivity contribution is 5.98. The lowest BCUT2D eigenvalue weighted by Crippen LogP contribution is -2.43. The van der Waals surface area contributed by atoms with Gasteiger partial charge in [0.25, 0.3) is 5.91 Å². The lowest BCUT2D eigenvalue weighted by molar-refractivity contribution is 0.0711. The molecule has 2 aromatic carbocycles. The second kappa shape index (κ2) is 9.47. The Hall–Kier alpha value is -3.57. The van der Waals surface area contributed by atoms with Gasteiger partial charge in [-0.25, -0.2) is 0 Å². The molecular formula is C31H34N4O. The van der Waals surface area contributed by atoms with E-state index in [4.69, 9.17) is 0 Å². The molecular weight excluding hydrogens is 444 g/mol. The molecule has 1 aromatic heterocycles. The lowest BCUT2D eigenvalue weighted by atomic mass is 9.87. The van der Waals surface area contributed by atoms with Crippen molar-refractivity contribution in [1.29, 1.82) is 0 Å². The maximum Gasteiger partial charge on any atom is 0.255 e. The van der Waals surface area contributed by atoms with Crippen LogP contribution < -0.4 is 5.32 Å². The Morgan fingerprint density at radius 1 is 0.944 bits per heavy atom. The molecule has 1 N–H and O–H groups in total. The molecule has 6 rings (SSSR count). The standard InChI is InChI=1S/C31H34N4O/c1-22-5-12-30(23(2)32-22)35-21-27-19-26(8-11-29(27)31(35)36)25-13-17-33(18-14-25)20-24-6-9-28(10-7-24)34-15-3-4-16-34/h3-4,6-11,15-16,19,25,30,32H,1-2,5,12-14,17-18,20-21H2. The van der Waals surface area contributed by atoms with Crippen molar-refractivity contribution in [2.75, 3.05) is 13.1 Å². The Bertz CT molecular complexity index is 1280. The van der Waals surface area contributed by atoms with E-state index in [-0.39, 0.29) is 11.9 Å². The summed E-state index contributed by atoms with van der Waals surface area (Å²) in [7, 11) is 0. The number of nitrogens with one attached hydrogen (secondary N) is 1. The van der Waals surface area contributed by atoms with Gasteiger partial charge in [0.15, 0.2) is 0 Å². The molecule has 0 saturated carbocycles. The molecule has 1 amide bonds. The molecule has 0 radical (unpaired) electrons. The smallest absolute Gasteiger partial charge is 0.255 e. The molecule has 3 aliphatic heterocycles. The fraction of sp³-hybridized carbons (Fsp3) is 0.323. The molecule has 3 aliphatic rings. The third-order valence-corrected chi connectivity index (χ3v) is 8.10. The van der Waals surface area contributed by atoms with Gasteiger partial charge in [-0.05, 0) is 91.7 Å². The van der Waals surface area contributed by atoms with Crippen LogP contribution in [0.15, 0.2) is 91.5 Å². The van der Waals surface area contributed by atoms with E-state index in [1.165, 1.54) is 22.4 Å². The molecule has 4 heterocycles. The molecule has 0 spiro atoms. The van der Waals surface area contributed by atoms with Crippen molar-refractivity contribution in [1.82, 2.24) is 19.7 Å². The van der Waals surface area contributed by atoms with Gasteiger partial charge in [0.05, 0.1) is 6.04 Å². The maximum atomic E-state index is 13.1. The number of nitrogens with zero attached hydrogens (tertiary/aromatic N) is 3. The Morgan fingerprint density at radius 2 is 1.69 bits per heavy atom. The first-order valence-corrected chi connectivity index (χ1v) is 13.1. The van der Waals surface area contributed by atoms with E-state index in [9.17, 15) is 4.79 Å². The number of benzene rings is 2. The molecule has 2 fully saturated rings. The van der Waals surface area contributed by atoms with Gasteiger partial charge >= 0.3 is 0 Å². The Morgan fingerprint density at radius 3 is 2.42 bits per heavy atom. The van der Waals surface area contributed by atoms with Crippen LogP contribution in [0, 0.1) is 0 Å². The van der Waals surface area contributed by atoms with Crippen molar-refractivity contribution < 1.29 is 4.79 Å². The molecule has 5 heteroatoms. The largest absolute Gasteiger partial charge is 0.362 e. The van der Waals surface area contributed by atoms with Crippen LogP contribution >= 0.6 is 0 Å². The van der Waals surface area contributed by atoms with Crippen LogP contribution in [0.5, 0.6) is 0 Å². The van der Waals surface area contributed by atoms with E-state index in [0.29, 0.717) is 12.5 Å². The summed E-state index contributed by atoms with van der Waals surface area (Å²) in [6.07, 6.45) is 8.24. The quantitative estimate of drug-likeness (QED) is 0.520. The Labute approximate surface area is 213 Å². The fourth-order valence-electron chi connectivity index (χ4n) is 6.03. The highest BCUT2D eigenvalue weighted by atomic mass is 16.2. The summed E-state index contributed by atoms with van der Waals surface area (Å²) >= 11 is 0. The number of rotatable bonds is 5. The van der Waals surface area contributed by atoms with E-state index in [0.717, 1.165) is 62.3 Å². The molecule has 1 atom stereocenters. The predicted molar refractivity (Wildman–Crippen MR) is 144 cm³/mol. The van der Waals surface area contributed by atoms with E-state index in [2.05, 4.69) is 94.9 Å². The number of allylic oxidation sites excluding steroid dienone is 1. The molecule has 0 bridgehead atoms.